The van der Waals surface area contributed by atoms with Crippen LogP contribution in [0.4, 0.5) is 4.79 Å². The predicted molar refractivity (Wildman–Crippen MR) is 112 cm³/mol. The summed E-state index contributed by atoms with van der Waals surface area (Å²) < 4.78 is 1.68. The minimum atomic E-state index is -1.44. The highest BCUT2D eigenvalue weighted by molar-refractivity contribution is 6.30. The Morgan fingerprint density at radius 1 is 1.17 bits per heavy atom. The molecule has 2 aromatic carbocycles. The summed E-state index contributed by atoms with van der Waals surface area (Å²) in [5.74, 6) is 0. The van der Waals surface area contributed by atoms with Crippen molar-refractivity contribution in [3.63, 3.8) is 0 Å². The topological polar surface area (TPSA) is 89.2 Å². The van der Waals surface area contributed by atoms with Crippen molar-refractivity contribution in [1.82, 2.24) is 9.47 Å². The minimum Gasteiger partial charge on any atom is -0.530 e. The lowest BCUT2D eigenvalue weighted by atomic mass is 9.92. The molecule has 150 valence electrons. The van der Waals surface area contributed by atoms with E-state index in [4.69, 9.17) is 16.9 Å². The zero-order chi connectivity index (χ0) is 21.3. The predicted octanol–water partition coefficient (Wildman–Crippen LogP) is 3.06. The summed E-state index contributed by atoms with van der Waals surface area (Å²) >= 11 is 6.22. The van der Waals surface area contributed by atoms with Gasteiger partial charge in [-0.2, -0.15) is 5.26 Å². The molecule has 0 unspecified atom stereocenters. The summed E-state index contributed by atoms with van der Waals surface area (Å²) in [7, 11) is 0. The van der Waals surface area contributed by atoms with Gasteiger partial charge in [0, 0.05) is 29.2 Å². The highest BCUT2D eigenvalue weighted by Crippen LogP contribution is 2.35. The number of hydrogen-bond acceptors (Lipinski definition) is 4. The van der Waals surface area contributed by atoms with Gasteiger partial charge in [-0.3, -0.25) is 4.79 Å². The highest BCUT2D eigenvalue weighted by atomic mass is 35.5. The number of nitriles is 1. The number of rotatable bonds is 4. The SMILES string of the molecule is N#CCN(Cc1cc(-c2ccccc2)c(=O)n2c1-c1cc(Cl)ccc1CC2)C(=O)[O-]. The number of fused-ring (bicyclic) bond motifs is 3. The molecule has 4 rings (SSSR count). The van der Waals surface area contributed by atoms with Crippen LogP contribution in [0.15, 0.2) is 59.4 Å². The average Bonchev–Trinajstić information content (AvgIpc) is 2.75. The van der Waals surface area contributed by atoms with E-state index >= 15 is 0 Å². The van der Waals surface area contributed by atoms with Crippen molar-refractivity contribution in [1.29, 1.82) is 5.26 Å². The van der Waals surface area contributed by atoms with E-state index in [1.165, 1.54) is 0 Å². The maximum absolute atomic E-state index is 13.3. The van der Waals surface area contributed by atoms with Crippen LogP contribution in [0.25, 0.3) is 22.4 Å². The molecular weight excluding hydrogens is 402 g/mol. The number of aromatic nitrogens is 1. The Bertz CT molecular complexity index is 1230. The normalized spacial score (nSPS) is 11.9. The Morgan fingerprint density at radius 2 is 1.93 bits per heavy atom. The van der Waals surface area contributed by atoms with Crippen LogP contribution in [0.2, 0.25) is 5.02 Å². The van der Waals surface area contributed by atoms with Gasteiger partial charge in [0.25, 0.3) is 5.56 Å². The number of carbonyl (C=O) groups excluding carboxylic acids is 1. The van der Waals surface area contributed by atoms with Gasteiger partial charge >= 0.3 is 0 Å². The lowest BCUT2D eigenvalue weighted by Crippen LogP contribution is -2.41. The Kier molecular flexibility index (Phi) is 5.30. The Labute approximate surface area is 178 Å². The summed E-state index contributed by atoms with van der Waals surface area (Å²) in [6.07, 6.45) is -0.774. The second-order valence-corrected chi connectivity index (χ2v) is 7.52. The molecule has 0 saturated carbocycles. The summed E-state index contributed by atoms with van der Waals surface area (Å²) in [6, 6.07) is 18.3. The summed E-state index contributed by atoms with van der Waals surface area (Å²) in [4.78, 5) is 25.8. The van der Waals surface area contributed by atoms with Gasteiger partial charge in [0.2, 0.25) is 0 Å². The minimum absolute atomic E-state index is 0.0721. The van der Waals surface area contributed by atoms with E-state index in [0.29, 0.717) is 34.8 Å². The summed E-state index contributed by atoms with van der Waals surface area (Å²) in [5.41, 5.74) is 4.17. The quantitative estimate of drug-likeness (QED) is 0.609. The smallest absolute Gasteiger partial charge is 0.258 e. The number of benzene rings is 2. The molecule has 0 N–H and O–H groups in total. The molecule has 7 heteroatoms. The van der Waals surface area contributed by atoms with Crippen molar-refractivity contribution in [3.05, 3.63) is 81.1 Å². The van der Waals surface area contributed by atoms with Crippen LogP contribution >= 0.6 is 11.6 Å². The number of carboxylic acid groups (broad SMARTS) is 1. The van der Waals surface area contributed by atoms with E-state index < -0.39 is 6.09 Å². The number of aryl methyl sites for hydroxylation is 1. The molecule has 1 aliphatic rings. The molecule has 1 aromatic heterocycles. The molecule has 1 amide bonds. The van der Waals surface area contributed by atoms with Crippen LogP contribution < -0.4 is 10.7 Å². The average molecular weight is 419 g/mol. The third-order valence-corrected chi connectivity index (χ3v) is 5.50. The van der Waals surface area contributed by atoms with Gasteiger partial charge in [-0.1, -0.05) is 48.0 Å². The van der Waals surface area contributed by atoms with E-state index in [9.17, 15) is 14.7 Å². The van der Waals surface area contributed by atoms with Gasteiger partial charge in [-0.05, 0) is 41.3 Å². The summed E-state index contributed by atoms with van der Waals surface area (Å²) in [6.45, 7) is 0.0707. The highest BCUT2D eigenvalue weighted by Gasteiger charge is 2.24. The molecular formula is C23H17ClN3O3-. The van der Waals surface area contributed by atoms with Gasteiger partial charge in [-0.15, -0.1) is 0 Å². The van der Waals surface area contributed by atoms with Crippen molar-refractivity contribution in [2.45, 2.75) is 19.5 Å². The van der Waals surface area contributed by atoms with Crippen LogP contribution in [0.1, 0.15) is 11.1 Å². The molecule has 0 aliphatic carbocycles. The Hall–Kier alpha value is -3.56. The standard InChI is InChI=1S/C23H18ClN3O3/c24-18-7-6-16-8-10-27-21(19(16)13-18)17(14-26(11-9-25)23(29)30)12-20(22(27)28)15-4-2-1-3-5-15/h1-7,12-13H,8,10-11,14H2,(H,29,30)/p-1. The molecule has 30 heavy (non-hydrogen) atoms. The van der Waals surface area contributed by atoms with E-state index in [1.807, 2.05) is 42.5 Å². The number of amides is 1. The Balaban J connectivity index is 1.98. The molecule has 6 nitrogen and oxygen atoms in total. The van der Waals surface area contributed by atoms with Gasteiger partial charge in [0.15, 0.2) is 0 Å². The van der Waals surface area contributed by atoms with Gasteiger partial charge in [0.1, 0.15) is 12.6 Å². The first kappa shape index (κ1) is 19.7. The first-order valence-electron chi connectivity index (χ1n) is 9.43. The first-order chi connectivity index (χ1) is 14.5. The molecule has 0 saturated heterocycles. The zero-order valence-electron chi connectivity index (χ0n) is 16.0. The third-order valence-electron chi connectivity index (χ3n) is 5.27. The molecule has 2 heterocycles. The zero-order valence-corrected chi connectivity index (χ0v) is 16.7. The number of carbonyl (C=O) groups is 1. The van der Waals surface area contributed by atoms with Crippen molar-refractivity contribution in [3.8, 4) is 28.5 Å². The fourth-order valence-electron chi connectivity index (χ4n) is 3.90. The Morgan fingerprint density at radius 3 is 2.63 bits per heavy atom. The number of hydrogen-bond donors (Lipinski definition) is 0. The fourth-order valence-corrected chi connectivity index (χ4v) is 4.07. The maximum atomic E-state index is 13.3. The molecule has 0 bridgehead atoms. The van der Waals surface area contributed by atoms with Crippen molar-refractivity contribution in [2.24, 2.45) is 0 Å². The second-order valence-electron chi connectivity index (χ2n) is 7.09. The molecule has 0 atom stereocenters. The lowest BCUT2D eigenvalue weighted by Gasteiger charge is -2.29. The van der Waals surface area contributed by atoms with Gasteiger partial charge in [0.05, 0.1) is 11.8 Å². The van der Waals surface area contributed by atoms with Gasteiger partial charge < -0.3 is 19.4 Å². The fraction of sp³-hybridized carbons (Fsp3) is 0.174. The second kappa shape index (κ2) is 8.05. The van der Waals surface area contributed by atoms with Crippen LogP contribution in [0.5, 0.6) is 0 Å². The summed E-state index contributed by atoms with van der Waals surface area (Å²) in [5, 5.41) is 21.1. The largest absolute Gasteiger partial charge is 0.530 e. The maximum Gasteiger partial charge on any atom is 0.258 e. The third kappa shape index (κ3) is 3.56. The number of pyridine rings is 1. The number of halogens is 1. The van der Waals surface area contributed by atoms with E-state index in [-0.39, 0.29) is 18.6 Å². The lowest BCUT2D eigenvalue weighted by molar-refractivity contribution is -0.265. The van der Waals surface area contributed by atoms with E-state index in [1.54, 1.807) is 22.8 Å². The monoisotopic (exact) mass is 418 g/mol. The van der Waals surface area contributed by atoms with E-state index in [0.717, 1.165) is 21.6 Å². The van der Waals surface area contributed by atoms with Crippen LogP contribution in [0, 0.1) is 11.3 Å². The van der Waals surface area contributed by atoms with Crippen LogP contribution in [-0.2, 0) is 19.5 Å². The molecule has 1 aliphatic heterocycles. The van der Waals surface area contributed by atoms with Crippen LogP contribution in [0.3, 0.4) is 0 Å². The molecule has 0 fully saturated rings. The first-order valence-corrected chi connectivity index (χ1v) is 9.81. The van der Waals surface area contributed by atoms with Crippen molar-refractivity contribution in [2.75, 3.05) is 6.54 Å². The molecule has 0 radical (unpaired) electrons. The van der Waals surface area contributed by atoms with Crippen LogP contribution in [-0.4, -0.2) is 22.1 Å². The number of nitrogens with zero attached hydrogens (tertiary/aromatic N) is 3. The van der Waals surface area contributed by atoms with Crippen molar-refractivity contribution >= 4 is 17.7 Å². The van der Waals surface area contributed by atoms with Gasteiger partial charge in [-0.25, -0.2) is 0 Å². The molecule has 0 spiro atoms. The van der Waals surface area contributed by atoms with Crippen molar-refractivity contribution < 1.29 is 9.90 Å². The van der Waals surface area contributed by atoms with E-state index in [2.05, 4.69) is 0 Å². The molecule has 3 aromatic rings.